The second-order valence-electron chi connectivity index (χ2n) is 4.46. The molecule has 12 heavy (non-hydrogen) atoms. The van der Waals surface area contributed by atoms with Crippen LogP contribution >= 0.6 is 11.3 Å². The summed E-state index contributed by atoms with van der Waals surface area (Å²) in [6, 6.07) is 0. The molecule has 1 rings (SSSR count). The second-order valence-corrected chi connectivity index (χ2v) is 5.89. The molecule has 0 saturated carbocycles. The van der Waals surface area contributed by atoms with E-state index in [2.05, 4.69) is 41.5 Å². The molecule has 0 radical (unpaired) electrons. The third-order valence-electron chi connectivity index (χ3n) is 2.31. The van der Waals surface area contributed by atoms with E-state index < -0.39 is 0 Å². The van der Waals surface area contributed by atoms with E-state index >= 15 is 0 Å². The normalized spacial score (nSPS) is 12.2. The zero-order chi connectivity index (χ0) is 9.52. The Morgan fingerprint density at radius 1 is 0.917 bits per heavy atom. The van der Waals surface area contributed by atoms with Crippen molar-refractivity contribution < 1.29 is 0 Å². The first-order valence-electron chi connectivity index (χ1n) is 4.41. The summed E-state index contributed by atoms with van der Waals surface area (Å²) in [6.45, 7) is 13.5. The Hall–Kier alpha value is -0.300. The standard InChI is InChI=1S/C11H18S/c1-7-8(2)12-9(3)10(7)11(4,5)6/h1-6H3. The maximum absolute atomic E-state index is 2.29. The fourth-order valence-corrected chi connectivity index (χ4v) is 3.16. The van der Waals surface area contributed by atoms with E-state index in [1.807, 2.05) is 11.3 Å². The molecule has 0 aliphatic rings. The molecule has 1 aromatic heterocycles. The molecule has 1 heteroatoms. The van der Waals surface area contributed by atoms with E-state index in [0.717, 1.165) is 0 Å². The molecule has 1 heterocycles. The first kappa shape index (κ1) is 9.79. The largest absolute Gasteiger partial charge is 0.145 e. The van der Waals surface area contributed by atoms with E-state index in [1.165, 1.54) is 15.3 Å². The highest BCUT2D eigenvalue weighted by Crippen LogP contribution is 2.35. The highest BCUT2D eigenvalue weighted by atomic mass is 32.1. The number of hydrogen-bond donors (Lipinski definition) is 0. The molecule has 0 atom stereocenters. The van der Waals surface area contributed by atoms with E-state index in [4.69, 9.17) is 0 Å². The predicted molar refractivity (Wildman–Crippen MR) is 57.2 cm³/mol. The Labute approximate surface area is 79.6 Å². The molecule has 68 valence electrons. The Balaban J connectivity index is 3.32. The highest BCUT2D eigenvalue weighted by molar-refractivity contribution is 7.12. The monoisotopic (exact) mass is 182 g/mol. The van der Waals surface area contributed by atoms with Gasteiger partial charge < -0.3 is 0 Å². The Morgan fingerprint density at radius 3 is 1.58 bits per heavy atom. The van der Waals surface area contributed by atoms with E-state index in [1.54, 1.807) is 5.56 Å². The number of aryl methyl sites for hydroxylation is 2. The van der Waals surface area contributed by atoms with Gasteiger partial charge in [-0.15, -0.1) is 11.3 Å². The first-order valence-corrected chi connectivity index (χ1v) is 5.22. The van der Waals surface area contributed by atoms with Crippen LogP contribution in [0.3, 0.4) is 0 Å². The summed E-state index contributed by atoms with van der Waals surface area (Å²) >= 11 is 1.92. The Bertz CT molecular complexity index is 287. The van der Waals surface area contributed by atoms with Gasteiger partial charge in [-0.3, -0.25) is 0 Å². The van der Waals surface area contributed by atoms with Gasteiger partial charge in [-0.05, 0) is 37.3 Å². The lowest BCUT2D eigenvalue weighted by atomic mass is 9.84. The van der Waals surface area contributed by atoms with Gasteiger partial charge in [-0.25, -0.2) is 0 Å². The third-order valence-corrected chi connectivity index (χ3v) is 3.43. The molecule has 0 amide bonds. The first-order chi connectivity index (χ1) is 5.34. The van der Waals surface area contributed by atoms with Crippen LogP contribution in [0, 0.1) is 20.8 Å². The van der Waals surface area contributed by atoms with Gasteiger partial charge in [0.15, 0.2) is 0 Å². The highest BCUT2D eigenvalue weighted by Gasteiger charge is 2.21. The van der Waals surface area contributed by atoms with Crippen molar-refractivity contribution in [2.45, 2.75) is 47.0 Å². The zero-order valence-corrected chi connectivity index (χ0v) is 9.72. The van der Waals surface area contributed by atoms with Gasteiger partial charge >= 0.3 is 0 Å². The molecule has 1 aromatic rings. The van der Waals surface area contributed by atoms with Crippen molar-refractivity contribution >= 4 is 11.3 Å². The lowest BCUT2D eigenvalue weighted by Gasteiger charge is -2.20. The zero-order valence-electron chi connectivity index (χ0n) is 8.91. The van der Waals surface area contributed by atoms with Crippen molar-refractivity contribution in [2.24, 2.45) is 0 Å². The summed E-state index contributed by atoms with van der Waals surface area (Å²) in [7, 11) is 0. The van der Waals surface area contributed by atoms with Crippen molar-refractivity contribution in [1.82, 2.24) is 0 Å². The smallest absolute Gasteiger partial charge is 0.00571 e. The van der Waals surface area contributed by atoms with Gasteiger partial charge in [0.2, 0.25) is 0 Å². The molecule has 0 bridgehead atoms. The van der Waals surface area contributed by atoms with Gasteiger partial charge in [0.05, 0.1) is 0 Å². The molecule has 0 N–H and O–H groups in total. The average Bonchev–Trinajstić information content (AvgIpc) is 2.05. The summed E-state index contributed by atoms with van der Waals surface area (Å²) in [4.78, 5) is 2.95. The van der Waals surface area contributed by atoms with Crippen LogP contribution in [-0.4, -0.2) is 0 Å². The van der Waals surface area contributed by atoms with E-state index in [9.17, 15) is 0 Å². The van der Waals surface area contributed by atoms with Crippen LogP contribution in [0.15, 0.2) is 0 Å². The third kappa shape index (κ3) is 1.56. The van der Waals surface area contributed by atoms with Crippen molar-refractivity contribution in [1.29, 1.82) is 0 Å². The van der Waals surface area contributed by atoms with Gasteiger partial charge in [0.25, 0.3) is 0 Å². The van der Waals surface area contributed by atoms with Crippen LogP contribution < -0.4 is 0 Å². The maximum Gasteiger partial charge on any atom is 0.00571 e. The van der Waals surface area contributed by atoms with Crippen LogP contribution in [0.4, 0.5) is 0 Å². The van der Waals surface area contributed by atoms with Crippen LogP contribution in [0.1, 0.15) is 41.7 Å². The molecule has 0 aliphatic heterocycles. The van der Waals surface area contributed by atoms with Crippen molar-refractivity contribution in [2.75, 3.05) is 0 Å². The van der Waals surface area contributed by atoms with E-state index in [-0.39, 0.29) is 0 Å². The van der Waals surface area contributed by atoms with Crippen molar-refractivity contribution in [3.63, 3.8) is 0 Å². The Kier molecular flexibility index (Phi) is 2.35. The fourth-order valence-electron chi connectivity index (χ4n) is 1.89. The van der Waals surface area contributed by atoms with Gasteiger partial charge in [-0.2, -0.15) is 0 Å². The van der Waals surface area contributed by atoms with Crippen LogP contribution in [0.5, 0.6) is 0 Å². The van der Waals surface area contributed by atoms with E-state index in [0.29, 0.717) is 5.41 Å². The molecular formula is C11H18S. The summed E-state index contributed by atoms with van der Waals surface area (Å²) in [5.41, 5.74) is 3.34. The second kappa shape index (κ2) is 2.88. The topological polar surface area (TPSA) is 0 Å². The summed E-state index contributed by atoms with van der Waals surface area (Å²) in [5, 5.41) is 0. The molecular weight excluding hydrogens is 164 g/mol. The summed E-state index contributed by atoms with van der Waals surface area (Å²) in [6.07, 6.45) is 0. The maximum atomic E-state index is 2.29. The quantitative estimate of drug-likeness (QED) is 0.569. The van der Waals surface area contributed by atoms with Crippen LogP contribution in [0.2, 0.25) is 0 Å². The predicted octanol–water partition coefficient (Wildman–Crippen LogP) is 3.97. The summed E-state index contributed by atoms with van der Waals surface area (Å²) in [5.74, 6) is 0. The lowest BCUT2D eigenvalue weighted by molar-refractivity contribution is 0.585. The molecule has 0 aliphatic carbocycles. The lowest BCUT2D eigenvalue weighted by Crippen LogP contribution is -2.12. The molecule has 0 aromatic carbocycles. The SMILES string of the molecule is Cc1sc(C)c(C(C)(C)C)c1C. The average molecular weight is 182 g/mol. The number of hydrogen-bond acceptors (Lipinski definition) is 1. The number of rotatable bonds is 0. The molecule has 0 unspecified atom stereocenters. The molecule has 0 saturated heterocycles. The molecule has 0 nitrogen and oxygen atoms in total. The summed E-state index contributed by atoms with van der Waals surface area (Å²) < 4.78 is 0. The van der Waals surface area contributed by atoms with Crippen molar-refractivity contribution in [3.05, 3.63) is 20.9 Å². The number of thiophene rings is 1. The van der Waals surface area contributed by atoms with Gasteiger partial charge in [0, 0.05) is 9.75 Å². The van der Waals surface area contributed by atoms with Gasteiger partial charge in [0.1, 0.15) is 0 Å². The molecule has 0 spiro atoms. The minimum Gasteiger partial charge on any atom is -0.145 e. The molecule has 0 fully saturated rings. The van der Waals surface area contributed by atoms with Crippen LogP contribution in [0.25, 0.3) is 0 Å². The Morgan fingerprint density at radius 2 is 1.42 bits per heavy atom. The van der Waals surface area contributed by atoms with Crippen LogP contribution in [-0.2, 0) is 5.41 Å². The van der Waals surface area contributed by atoms with Crippen molar-refractivity contribution in [3.8, 4) is 0 Å². The fraction of sp³-hybridized carbons (Fsp3) is 0.636. The minimum atomic E-state index is 0.304. The van der Waals surface area contributed by atoms with Gasteiger partial charge in [-0.1, -0.05) is 20.8 Å². The minimum absolute atomic E-state index is 0.304.